The first-order valence-electron chi connectivity index (χ1n) is 6.17. The number of aromatic nitrogens is 1. The van der Waals surface area contributed by atoms with E-state index in [1.807, 2.05) is 25.9 Å². The molecule has 1 fully saturated rings. The van der Waals surface area contributed by atoms with Crippen LogP contribution >= 0.6 is 0 Å². The maximum atomic E-state index is 12.4. The molecule has 5 nitrogen and oxygen atoms in total. The number of nitrogens with zero attached hydrogens (tertiary/aromatic N) is 3. The largest absolute Gasteiger partial charge is 0.397 e. The van der Waals surface area contributed by atoms with Gasteiger partial charge in [-0.1, -0.05) is 0 Å². The van der Waals surface area contributed by atoms with E-state index in [1.165, 1.54) is 0 Å². The molecule has 1 aliphatic heterocycles. The number of nitrogen functional groups attached to an aromatic ring is 1. The summed E-state index contributed by atoms with van der Waals surface area (Å²) in [6.45, 7) is 3.42. The van der Waals surface area contributed by atoms with Gasteiger partial charge < -0.3 is 15.5 Å². The molecule has 1 aliphatic rings. The Morgan fingerprint density at radius 1 is 1.56 bits per heavy atom. The van der Waals surface area contributed by atoms with E-state index in [-0.39, 0.29) is 5.91 Å². The number of carbonyl (C=O) groups is 1. The third-order valence-electron chi connectivity index (χ3n) is 3.52. The molecule has 0 radical (unpaired) electrons. The Hall–Kier alpha value is -1.62. The molecule has 1 aromatic rings. The van der Waals surface area contributed by atoms with Gasteiger partial charge in [-0.25, -0.2) is 0 Å². The van der Waals surface area contributed by atoms with E-state index in [0.717, 1.165) is 25.2 Å². The van der Waals surface area contributed by atoms with Crippen molar-refractivity contribution in [3.8, 4) is 0 Å². The number of pyridine rings is 1. The van der Waals surface area contributed by atoms with E-state index in [2.05, 4.69) is 9.88 Å². The lowest BCUT2D eigenvalue weighted by atomic mass is 10.1. The van der Waals surface area contributed by atoms with Crippen LogP contribution in [0.5, 0.6) is 0 Å². The van der Waals surface area contributed by atoms with Crippen LogP contribution in [0.4, 0.5) is 5.69 Å². The summed E-state index contributed by atoms with van der Waals surface area (Å²) in [7, 11) is 4.10. The molecule has 2 rings (SSSR count). The molecule has 0 bridgehead atoms. The van der Waals surface area contributed by atoms with E-state index in [4.69, 9.17) is 5.73 Å². The van der Waals surface area contributed by atoms with Crippen LogP contribution in [0.3, 0.4) is 0 Å². The summed E-state index contributed by atoms with van der Waals surface area (Å²) in [5.41, 5.74) is 7.59. The standard InChI is InChI=1S/C13H20N4O/c1-9-12(6-10(14)7-15-9)13(18)17-5-4-11(8-17)16(2)3/h6-7,11H,4-5,8,14H2,1-3H3. The predicted molar refractivity (Wildman–Crippen MR) is 71.4 cm³/mol. The Bertz CT molecular complexity index is 458. The van der Waals surface area contributed by atoms with Crippen molar-refractivity contribution in [2.45, 2.75) is 19.4 Å². The number of hydrogen-bond donors (Lipinski definition) is 1. The molecular formula is C13H20N4O. The van der Waals surface area contributed by atoms with E-state index < -0.39 is 0 Å². The van der Waals surface area contributed by atoms with Gasteiger partial charge in [-0.2, -0.15) is 0 Å². The van der Waals surface area contributed by atoms with Crippen LogP contribution < -0.4 is 5.73 Å². The second-order valence-electron chi connectivity index (χ2n) is 5.06. The molecule has 1 unspecified atom stereocenters. The predicted octanol–water partition coefficient (Wildman–Crippen LogP) is 0.748. The lowest BCUT2D eigenvalue weighted by Gasteiger charge is -2.21. The first-order chi connectivity index (χ1) is 8.49. The average molecular weight is 248 g/mol. The van der Waals surface area contributed by atoms with Gasteiger partial charge in [0.25, 0.3) is 5.91 Å². The molecule has 98 valence electrons. The number of amides is 1. The number of carbonyl (C=O) groups excluding carboxylic acids is 1. The van der Waals surface area contributed by atoms with Crippen LogP contribution in [-0.2, 0) is 0 Å². The summed E-state index contributed by atoms with van der Waals surface area (Å²) in [6, 6.07) is 2.16. The SMILES string of the molecule is Cc1ncc(N)cc1C(=O)N1CCC(N(C)C)C1. The third kappa shape index (κ3) is 2.46. The Morgan fingerprint density at radius 3 is 2.89 bits per heavy atom. The van der Waals surface area contributed by atoms with Crippen LogP contribution in [0.15, 0.2) is 12.3 Å². The smallest absolute Gasteiger partial charge is 0.255 e. The molecule has 2 heterocycles. The number of anilines is 1. The van der Waals surface area contributed by atoms with Crippen LogP contribution in [0.25, 0.3) is 0 Å². The van der Waals surface area contributed by atoms with Crippen LogP contribution in [0.2, 0.25) is 0 Å². The van der Waals surface area contributed by atoms with Gasteiger partial charge >= 0.3 is 0 Å². The molecule has 1 amide bonds. The molecule has 0 aliphatic carbocycles. The monoisotopic (exact) mass is 248 g/mol. The molecule has 1 saturated heterocycles. The fourth-order valence-corrected chi connectivity index (χ4v) is 2.28. The summed E-state index contributed by atoms with van der Waals surface area (Å²) < 4.78 is 0. The maximum Gasteiger partial charge on any atom is 0.255 e. The van der Waals surface area contributed by atoms with Crippen molar-refractivity contribution in [1.29, 1.82) is 0 Å². The summed E-state index contributed by atoms with van der Waals surface area (Å²) in [5, 5.41) is 0. The molecule has 0 saturated carbocycles. The van der Waals surface area contributed by atoms with E-state index in [0.29, 0.717) is 17.3 Å². The summed E-state index contributed by atoms with van der Waals surface area (Å²) in [5.74, 6) is 0.0386. The first-order valence-corrected chi connectivity index (χ1v) is 6.17. The highest BCUT2D eigenvalue weighted by Crippen LogP contribution is 2.18. The lowest BCUT2D eigenvalue weighted by molar-refractivity contribution is 0.0782. The summed E-state index contributed by atoms with van der Waals surface area (Å²) >= 11 is 0. The van der Waals surface area contributed by atoms with E-state index in [9.17, 15) is 4.79 Å². The van der Waals surface area contributed by atoms with E-state index in [1.54, 1.807) is 12.3 Å². The van der Waals surface area contributed by atoms with Crippen molar-refractivity contribution >= 4 is 11.6 Å². The number of rotatable bonds is 2. The topological polar surface area (TPSA) is 62.5 Å². The van der Waals surface area contributed by atoms with Crippen LogP contribution in [0, 0.1) is 6.92 Å². The number of likely N-dealkylation sites (tertiary alicyclic amines) is 1. The maximum absolute atomic E-state index is 12.4. The van der Waals surface area contributed by atoms with Gasteiger partial charge in [-0.05, 0) is 33.5 Å². The molecule has 18 heavy (non-hydrogen) atoms. The Labute approximate surface area is 108 Å². The zero-order valence-corrected chi connectivity index (χ0v) is 11.2. The number of aryl methyl sites for hydroxylation is 1. The Morgan fingerprint density at radius 2 is 2.28 bits per heavy atom. The van der Waals surface area contributed by atoms with Crippen LogP contribution in [-0.4, -0.2) is 53.9 Å². The second kappa shape index (κ2) is 4.94. The van der Waals surface area contributed by atoms with Gasteiger partial charge in [0.1, 0.15) is 0 Å². The first kappa shape index (κ1) is 12.8. The molecule has 0 aromatic carbocycles. The molecule has 1 atom stereocenters. The second-order valence-corrected chi connectivity index (χ2v) is 5.06. The molecule has 0 spiro atoms. The van der Waals surface area contributed by atoms with Gasteiger partial charge in [-0.15, -0.1) is 0 Å². The fourth-order valence-electron chi connectivity index (χ4n) is 2.28. The fraction of sp³-hybridized carbons (Fsp3) is 0.538. The summed E-state index contributed by atoms with van der Waals surface area (Å²) in [4.78, 5) is 20.6. The molecule has 5 heteroatoms. The Kier molecular flexibility index (Phi) is 3.52. The highest BCUT2D eigenvalue weighted by molar-refractivity contribution is 5.96. The number of hydrogen-bond acceptors (Lipinski definition) is 4. The molecular weight excluding hydrogens is 228 g/mol. The minimum Gasteiger partial charge on any atom is -0.397 e. The van der Waals surface area contributed by atoms with Crippen molar-refractivity contribution in [2.75, 3.05) is 32.9 Å². The van der Waals surface area contributed by atoms with Crippen LogP contribution in [0.1, 0.15) is 22.5 Å². The van der Waals surface area contributed by atoms with Crippen molar-refractivity contribution < 1.29 is 4.79 Å². The number of likely N-dealkylation sites (N-methyl/N-ethyl adjacent to an activating group) is 1. The molecule has 2 N–H and O–H groups in total. The normalized spacial score (nSPS) is 19.6. The molecule has 1 aromatic heterocycles. The zero-order valence-electron chi connectivity index (χ0n) is 11.2. The van der Waals surface area contributed by atoms with Gasteiger partial charge in [-0.3, -0.25) is 9.78 Å². The van der Waals surface area contributed by atoms with Crippen molar-refractivity contribution in [2.24, 2.45) is 0 Å². The highest BCUT2D eigenvalue weighted by atomic mass is 16.2. The zero-order chi connectivity index (χ0) is 13.3. The quantitative estimate of drug-likeness (QED) is 0.839. The van der Waals surface area contributed by atoms with E-state index >= 15 is 0 Å². The average Bonchev–Trinajstić information content (AvgIpc) is 2.81. The van der Waals surface area contributed by atoms with Crippen molar-refractivity contribution in [3.05, 3.63) is 23.5 Å². The Balaban J connectivity index is 2.15. The minimum atomic E-state index is 0.0386. The summed E-state index contributed by atoms with van der Waals surface area (Å²) in [6.07, 6.45) is 2.60. The minimum absolute atomic E-state index is 0.0386. The van der Waals surface area contributed by atoms with Crippen molar-refractivity contribution in [3.63, 3.8) is 0 Å². The van der Waals surface area contributed by atoms with Gasteiger partial charge in [0.2, 0.25) is 0 Å². The van der Waals surface area contributed by atoms with Gasteiger partial charge in [0.05, 0.1) is 23.1 Å². The van der Waals surface area contributed by atoms with Gasteiger partial charge in [0, 0.05) is 19.1 Å². The van der Waals surface area contributed by atoms with Gasteiger partial charge in [0.15, 0.2) is 0 Å². The third-order valence-corrected chi connectivity index (χ3v) is 3.52. The number of nitrogens with two attached hydrogens (primary N) is 1. The lowest BCUT2D eigenvalue weighted by Crippen LogP contribution is -2.34. The van der Waals surface area contributed by atoms with Crippen molar-refractivity contribution in [1.82, 2.24) is 14.8 Å². The highest BCUT2D eigenvalue weighted by Gasteiger charge is 2.28.